The van der Waals surface area contributed by atoms with Gasteiger partial charge in [0.05, 0.1) is 20.3 Å². The molecule has 3 nitrogen and oxygen atoms in total. The highest BCUT2D eigenvalue weighted by Gasteiger charge is 2.14. The van der Waals surface area contributed by atoms with E-state index in [9.17, 15) is 0 Å². The van der Waals surface area contributed by atoms with Gasteiger partial charge in [-0.1, -0.05) is 50.5 Å². The Bertz CT molecular complexity index is 642. The molecule has 0 aliphatic heterocycles. The zero-order valence-corrected chi connectivity index (χ0v) is 16.1. The molecular weight excluding hydrogens is 336 g/mol. The minimum Gasteiger partial charge on any atom is -0.493 e. The monoisotopic (exact) mass is 364 g/mol. The summed E-state index contributed by atoms with van der Waals surface area (Å²) in [4.78, 5) is 0. The lowest BCUT2D eigenvalue weighted by atomic mass is 10.1. The maximum Gasteiger partial charge on any atom is 0.169 e. The smallest absolute Gasteiger partial charge is 0.169 e. The topological polar surface area (TPSA) is 27.7 Å². The fourth-order valence-electron chi connectivity index (χ4n) is 2.76. The molecular formula is C21H29ClO3. The first-order valence-electron chi connectivity index (χ1n) is 9.23. The molecule has 25 heavy (non-hydrogen) atoms. The second-order valence-electron chi connectivity index (χ2n) is 6.11. The highest BCUT2D eigenvalue weighted by molar-refractivity contribution is 6.17. The van der Waals surface area contributed by atoms with Gasteiger partial charge < -0.3 is 14.2 Å². The van der Waals surface area contributed by atoms with Gasteiger partial charge in [-0.3, -0.25) is 0 Å². The Morgan fingerprint density at radius 3 is 2.28 bits per heavy atom. The van der Waals surface area contributed by atoms with E-state index in [1.54, 1.807) is 7.11 Å². The van der Waals surface area contributed by atoms with E-state index in [2.05, 4.69) is 19.1 Å². The van der Waals surface area contributed by atoms with Crippen molar-refractivity contribution in [1.82, 2.24) is 0 Å². The van der Waals surface area contributed by atoms with E-state index in [1.165, 1.54) is 0 Å². The van der Waals surface area contributed by atoms with Crippen molar-refractivity contribution < 1.29 is 14.2 Å². The molecule has 0 fully saturated rings. The van der Waals surface area contributed by atoms with Gasteiger partial charge in [-0.25, -0.2) is 0 Å². The van der Waals surface area contributed by atoms with Gasteiger partial charge in [0.15, 0.2) is 11.5 Å². The van der Waals surface area contributed by atoms with E-state index in [1.807, 2.05) is 18.2 Å². The first-order chi connectivity index (χ1) is 12.3. The molecule has 0 aromatic heterocycles. The molecule has 0 saturated heterocycles. The van der Waals surface area contributed by atoms with Crippen molar-refractivity contribution in [2.24, 2.45) is 0 Å². The minimum atomic E-state index is 0.692. The summed E-state index contributed by atoms with van der Waals surface area (Å²) in [5.41, 5.74) is 0. The lowest BCUT2D eigenvalue weighted by Gasteiger charge is -2.17. The molecule has 0 radical (unpaired) electrons. The molecule has 0 unspecified atom stereocenters. The number of halogens is 1. The SMILES string of the molecule is CCCCOc1c(OC)cc(OCCCCCCCl)c2ccccc12. The molecule has 2 aromatic carbocycles. The van der Waals surface area contributed by atoms with E-state index in [0.717, 1.165) is 72.4 Å². The van der Waals surface area contributed by atoms with Crippen LogP contribution in [0.15, 0.2) is 30.3 Å². The number of methoxy groups -OCH3 is 1. The molecule has 0 amide bonds. The highest BCUT2D eigenvalue weighted by atomic mass is 35.5. The van der Waals surface area contributed by atoms with Crippen molar-refractivity contribution in [2.45, 2.75) is 45.4 Å². The van der Waals surface area contributed by atoms with E-state index in [-0.39, 0.29) is 0 Å². The van der Waals surface area contributed by atoms with E-state index >= 15 is 0 Å². The number of alkyl halides is 1. The molecule has 0 spiro atoms. The number of rotatable bonds is 12. The molecule has 0 N–H and O–H groups in total. The van der Waals surface area contributed by atoms with Crippen LogP contribution in [0.2, 0.25) is 0 Å². The summed E-state index contributed by atoms with van der Waals surface area (Å²) in [6.07, 6.45) is 6.52. The van der Waals surface area contributed by atoms with Gasteiger partial charge in [0.2, 0.25) is 0 Å². The second-order valence-corrected chi connectivity index (χ2v) is 6.48. The minimum absolute atomic E-state index is 0.692. The zero-order valence-electron chi connectivity index (χ0n) is 15.4. The summed E-state index contributed by atoms with van der Waals surface area (Å²) in [6.45, 7) is 3.55. The second kappa shape index (κ2) is 11.1. The van der Waals surface area contributed by atoms with Crippen LogP contribution >= 0.6 is 11.6 Å². The summed E-state index contributed by atoms with van der Waals surface area (Å²) in [6, 6.07) is 10.1. The van der Waals surface area contributed by atoms with Crippen molar-refractivity contribution in [3.63, 3.8) is 0 Å². The summed E-state index contributed by atoms with van der Waals surface area (Å²) < 4.78 is 17.6. The number of benzene rings is 2. The van der Waals surface area contributed by atoms with Crippen LogP contribution in [-0.4, -0.2) is 26.2 Å². The summed E-state index contributed by atoms with van der Waals surface area (Å²) in [7, 11) is 1.67. The maximum atomic E-state index is 6.05. The van der Waals surface area contributed by atoms with Gasteiger partial charge in [0.25, 0.3) is 0 Å². The summed E-state index contributed by atoms with van der Waals surface area (Å²) >= 11 is 5.71. The van der Waals surface area contributed by atoms with Crippen LogP contribution in [0.5, 0.6) is 17.2 Å². The maximum absolute atomic E-state index is 6.05. The number of hydrogen-bond acceptors (Lipinski definition) is 3. The molecule has 138 valence electrons. The third-order valence-electron chi connectivity index (χ3n) is 4.17. The van der Waals surface area contributed by atoms with Crippen LogP contribution in [0.1, 0.15) is 45.4 Å². The summed E-state index contributed by atoms with van der Waals surface area (Å²) in [5, 5.41) is 2.10. The van der Waals surface area contributed by atoms with Crippen LogP contribution in [0.3, 0.4) is 0 Å². The Morgan fingerprint density at radius 1 is 0.840 bits per heavy atom. The highest BCUT2D eigenvalue weighted by Crippen LogP contribution is 2.41. The van der Waals surface area contributed by atoms with Crippen molar-refractivity contribution in [3.05, 3.63) is 30.3 Å². The fraction of sp³-hybridized carbons (Fsp3) is 0.524. The van der Waals surface area contributed by atoms with Crippen molar-refractivity contribution in [1.29, 1.82) is 0 Å². The molecule has 0 atom stereocenters. The van der Waals surface area contributed by atoms with E-state index in [0.29, 0.717) is 13.2 Å². The van der Waals surface area contributed by atoms with Crippen LogP contribution in [-0.2, 0) is 0 Å². The van der Waals surface area contributed by atoms with Crippen molar-refractivity contribution in [2.75, 3.05) is 26.2 Å². The van der Waals surface area contributed by atoms with E-state index < -0.39 is 0 Å². The molecule has 0 saturated carbocycles. The quantitative estimate of drug-likeness (QED) is 0.331. The number of hydrogen-bond donors (Lipinski definition) is 0. The van der Waals surface area contributed by atoms with E-state index in [4.69, 9.17) is 25.8 Å². The third kappa shape index (κ3) is 5.71. The van der Waals surface area contributed by atoms with Gasteiger partial charge in [0.1, 0.15) is 5.75 Å². The fourth-order valence-corrected chi connectivity index (χ4v) is 2.95. The molecule has 0 aliphatic carbocycles. The molecule has 2 rings (SSSR count). The Hall–Kier alpha value is -1.61. The standard InChI is InChI=1S/C21H29ClO3/c1-3-4-14-25-21-18-12-8-7-11-17(18)19(16-20(21)23-2)24-15-10-6-5-9-13-22/h7-8,11-12,16H,3-6,9-10,13-15H2,1-2H3. The van der Waals surface area contributed by atoms with Crippen LogP contribution in [0.25, 0.3) is 10.8 Å². The Kier molecular flexibility index (Phi) is 8.75. The van der Waals surface area contributed by atoms with Crippen LogP contribution in [0.4, 0.5) is 0 Å². The van der Waals surface area contributed by atoms with Gasteiger partial charge in [-0.2, -0.15) is 0 Å². The normalized spacial score (nSPS) is 10.8. The average Bonchev–Trinajstić information content (AvgIpc) is 2.65. The van der Waals surface area contributed by atoms with Gasteiger partial charge >= 0.3 is 0 Å². The third-order valence-corrected chi connectivity index (χ3v) is 4.44. The molecule has 2 aromatic rings. The molecule has 0 heterocycles. The predicted octanol–water partition coefficient (Wildman–Crippen LogP) is 6.21. The van der Waals surface area contributed by atoms with Crippen molar-refractivity contribution >= 4 is 22.4 Å². The zero-order chi connectivity index (χ0) is 17.9. The van der Waals surface area contributed by atoms with Gasteiger partial charge in [0, 0.05) is 22.7 Å². The van der Waals surface area contributed by atoms with Crippen LogP contribution in [0, 0.1) is 0 Å². The first-order valence-corrected chi connectivity index (χ1v) is 9.76. The largest absolute Gasteiger partial charge is 0.493 e. The van der Waals surface area contributed by atoms with Crippen LogP contribution < -0.4 is 14.2 Å². The Morgan fingerprint density at radius 2 is 1.56 bits per heavy atom. The number of ether oxygens (including phenoxy) is 3. The Balaban J connectivity index is 2.16. The average molecular weight is 365 g/mol. The molecule has 0 aliphatic rings. The number of fused-ring (bicyclic) bond motifs is 1. The van der Waals surface area contributed by atoms with Crippen molar-refractivity contribution in [3.8, 4) is 17.2 Å². The molecule has 4 heteroatoms. The number of unbranched alkanes of at least 4 members (excludes halogenated alkanes) is 4. The molecule has 0 bridgehead atoms. The van der Waals surface area contributed by atoms with Gasteiger partial charge in [-0.05, 0) is 19.3 Å². The lowest BCUT2D eigenvalue weighted by Crippen LogP contribution is -2.02. The Labute approximate surface area is 156 Å². The van der Waals surface area contributed by atoms with Gasteiger partial charge in [-0.15, -0.1) is 11.6 Å². The predicted molar refractivity (Wildman–Crippen MR) is 106 cm³/mol. The first kappa shape index (κ1) is 19.7. The lowest BCUT2D eigenvalue weighted by molar-refractivity contribution is 0.286. The summed E-state index contributed by atoms with van der Waals surface area (Å²) in [5.74, 6) is 3.13.